The van der Waals surface area contributed by atoms with E-state index in [-0.39, 0.29) is 11.7 Å². The highest BCUT2D eigenvalue weighted by Crippen LogP contribution is 2.30. The third-order valence-electron chi connectivity index (χ3n) is 3.74. The summed E-state index contributed by atoms with van der Waals surface area (Å²) in [5.41, 5.74) is 1.45. The summed E-state index contributed by atoms with van der Waals surface area (Å²) in [4.78, 5) is 17.0. The molecule has 1 aliphatic heterocycles. The minimum atomic E-state index is -0.306. The monoisotopic (exact) mass is 398 g/mol. The fourth-order valence-electron chi connectivity index (χ4n) is 2.44. The topological polar surface area (TPSA) is 54.6 Å². The van der Waals surface area contributed by atoms with Gasteiger partial charge in [-0.25, -0.2) is 9.38 Å². The van der Waals surface area contributed by atoms with Crippen molar-refractivity contribution in [3.8, 4) is 11.3 Å². The molecule has 1 aliphatic rings. The number of benzene rings is 2. The van der Waals surface area contributed by atoms with Crippen molar-refractivity contribution < 1.29 is 13.6 Å². The Hall–Kier alpha value is -2.83. The second-order valence-corrected chi connectivity index (χ2v) is 7.13. The first kappa shape index (κ1) is 17.6. The fraction of sp³-hybridized carbons (Fsp3) is 0. The molecule has 0 aliphatic carbocycles. The van der Waals surface area contributed by atoms with Gasteiger partial charge in [-0.15, -0.1) is 0 Å². The number of thioether (sulfide) groups is 1. The summed E-state index contributed by atoms with van der Waals surface area (Å²) in [6, 6.07) is 16.6. The first-order valence-electron chi connectivity index (χ1n) is 7.98. The van der Waals surface area contributed by atoms with Crippen LogP contribution < -0.4 is 5.32 Å². The molecular formula is C20H12ClFN2O2S. The van der Waals surface area contributed by atoms with E-state index in [1.54, 1.807) is 54.6 Å². The van der Waals surface area contributed by atoms with E-state index in [0.29, 0.717) is 32.3 Å². The van der Waals surface area contributed by atoms with Gasteiger partial charge in [0.2, 0.25) is 0 Å². The molecule has 1 saturated heterocycles. The number of amides is 1. The van der Waals surface area contributed by atoms with Gasteiger partial charge >= 0.3 is 0 Å². The summed E-state index contributed by atoms with van der Waals surface area (Å²) in [6.45, 7) is 0. The number of halogens is 2. The van der Waals surface area contributed by atoms with Gasteiger partial charge in [-0.3, -0.25) is 4.79 Å². The fourth-order valence-corrected chi connectivity index (χ4v) is 3.39. The van der Waals surface area contributed by atoms with E-state index < -0.39 is 0 Å². The Morgan fingerprint density at radius 3 is 2.52 bits per heavy atom. The highest BCUT2D eigenvalue weighted by atomic mass is 35.5. The van der Waals surface area contributed by atoms with E-state index in [1.165, 1.54) is 23.9 Å². The second kappa shape index (κ2) is 7.42. The van der Waals surface area contributed by atoms with Gasteiger partial charge in [-0.1, -0.05) is 11.6 Å². The van der Waals surface area contributed by atoms with Gasteiger partial charge < -0.3 is 9.73 Å². The Kier molecular flexibility index (Phi) is 4.83. The van der Waals surface area contributed by atoms with Crippen LogP contribution in [0.25, 0.3) is 17.4 Å². The van der Waals surface area contributed by atoms with Gasteiger partial charge in [0.05, 0.1) is 10.6 Å². The van der Waals surface area contributed by atoms with Crippen LogP contribution in [0, 0.1) is 5.82 Å². The summed E-state index contributed by atoms with van der Waals surface area (Å²) in [7, 11) is 0. The molecule has 1 N–H and O–H groups in total. The maximum atomic E-state index is 13.0. The molecule has 1 amide bonds. The van der Waals surface area contributed by atoms with Crippen molar-refractivity contribution in [2.45, 2.75) is 0 Å². The minimum absolute atomic E-state index is 0.243. The number of carbonyl (C=O) groups excluding carboxylic acids is 1. The molecular weight excluding hydrogens is 387 g/mol. The third-order valence-corrected chi connectivity index (χ3v) is 4.90. The minimum Gasteiger partial charge on any atom is -0.457 e. The molecule has 0 bridgehead atoms. The molecule has 4 rings (SSSR count). The maximum Gasteiger partial charge on any atom is 0.264 e. The quantitative estimate of drug-likeness (QED) is 0.581. The molecule has 4 nitrogen and oxygen atoms in total. The van der Waals surface area contributed by atoms with Crippen LogP contribution in [0.15, 0.2) is 75.0 Å². The van der Waals surface area contributed by atoms with Gasteiger partial charge in [-0.05, 0) is 72.4 Å². The molecule has 7 heteroatoms. The number of nitrogens with zero attached hydrogens (tertiary/aromatic N) is 1. The lowest BCUT2D eigenvalue weighted by molar-refractivity contribution is -0.115. The van der Waals surface area contributed by atoms with Crippen molar-refractivity contribution in [2.24, 2.45) is 4.99 Å². The normalized spacial score (nSPS) is 16.9. The van der Waals surface area contributed by atoms with Crippen molar-refractivity contribution in [2.75, 3.05) is 0 Å². The highest BCUT2D eigenvalue weighted by Gasteiger charge is 2.24. The Morgan fingerprint density at radius 2 is 1.78 bits per heavy atom. The number of rotatable bonds is 3. The summed E-state index contributed by atoms with van der Waals surface area (Å²) >= 11 is 7.08. The Balaban J connectivity index is 1.53. The van der Waals surface area contributed by atoms with Crippen LogP contribution in [-0.2, 0) is 4.79 Å². The molecule has 134 valence electrons. The van der Waals surface area contributed by atoms with Crippen LogP contribution in [0.2, 0.25) is 5.02 Å². The van der Waals surface area contributed by atoms with E-state index in [9.17, 15) is 9.18 Å². The van der Waals surface area contributed by atoms with Crippen molar-refractivity contribution in [1.29, 1.82) is 0 Å². The first-order valence-corrected chi connectivity index (χ1v) is 9.17. The summed E-state index contributed by atoms with van der Waals surface area (Å²) in [5, 5.41) is 3.83. The van der Waals surface area contributed by atoms with E-state index in [0.717, 1.165) is 5.56 Å². The zero-order valence-corrected chi connectivity index (χ0v) is 15.4. The lowest BCUT2D eigenvalue weighted by Crippen LogP contribution is -2.19. The standard InChI is InChI=1S/C20H12ClFN2O2S/c21-13-3-7-15(8-4-13)23-20-24-19(25)18(27-20)11-16-9-10-17(26-16)12-1-5-14(22)6-2-12/h1-11H,(H,23,24,25)/b18-11+. The molecule has 0 spiro atoms. The van der Waals surface area contributed by atoms with Crippen LogP contribution in [0.3, 0.4) is 0 Å². The van der Waals surface area contributed by atoms with E-state index in [4.69, 9.17) is 16.0 Å². The number of hydrogen-bond acceptors (Lipinski definition) is 4. The van der Waals surface area contributed by atoms with Gasteiger partial charge in [0, 0.05) is 16.7 Å². The molecule has 1 aromatic heterocycles. The number of carbonyl (C=O) groups is 1. The molecule has 27 heavy (non-hydrogen) atoms. The highest BCUT2D eigenvalue weighted by molar-refractivity contribution is 8.18. The molecule has 0 atom stereocenters. The average Bonchev–Trinajstić information content (AvgIpc) is 3.25. The average molecular weight is 399 g/mol. The van der Waals surface area contributed by atoms with Gasteiger partial charge in [0.1, 0.15) is 17.3 Å². The summed E-state index contributed by atoms with van der Waals surface area (Å²) < 4.78 is 18.8. The lowest BCUT2D eigenvalue weighted by atomic mass is 10.2. The van der Waals surface area contributed by atoms with Gasteiger partial charge in [0.15, 0.2) is 5.17 Å². The van der Waals surface area contributed by atoms with Crippen LogP contribution in [0.1, 0.15) is 5.76 Å². The lowest BCUT2D eigenvalue weighted by Gasteiger charge is -1.96. The molecule has 0 saturated carbocycles. The molecule has 3 aromatic rings. The molecule has 0 unspecified atom stereocenters. The predicted octanol–water partition coefficient (Wildman–Crippen LogP) is 5.63. The number of hydrogen-bond donors (Lipinski definition) is 1. The molecule has 2 aromatic carbocycles. The van der Waals surface area contributed by atoms with Crippen molar-refractivity contribution in [3.05, 3.63) is 82.2 Å². The summed E-state index contributed by atoms with van der Waals surface area (Å²) in [6.07, 6.45) is 1.65. The molecule has 2 heterocycles. The van der Waals surface area contributed by atoms with Crippen molar-refractivity contribution in [1.82, 2.24) is 5.32 Å². The van der Waals surface area contributed by atoms with Crippen LogP contribution in [0.4, 0.5) is 10.1 Å². The van der Waals surface area contributed by atoms with Gasteiger partial charge in [0.25, 0.3) is 5.91 Å². The van der Waals surface area contributed by atoms with E-state index in [1.807, 2.05) is 0 Å². The zero-order valence-electron chi connectivity index (χ0n) is 13.8. The zero-order chi connectivity index (χ0) is 18.8. The number of aliphatic imine (C=N–C) groups is 1. The largest absolute Gasteiger partial charge is 0.457 e. The van der Waals surface area contributed by atoms with E-state index in [2.05, 4.69) is 10.3 Å². The number of furan rings is 1. The second-order valence-electron chi connectivity index (χ2n) is 5.67. The number of nitrogens with one attached hydrogen (secondary N) is 1. The molecule has 0 radical (unpaired) electrons. The smallest absolute Gasteiger partial charge is 0.264 e. The Labute approximate surface area is 163 Å². The van der Waals surface area contributed by atoms with Crippen LogP contribution >= 0.6 is 23.4 Å². The first-order chi connectivity index (χ1) is 13.1. The number of amidine groups is 1. The van der Waals surface area contributed by atoms with Crippen molar-refractivity contribution >= 4 is 46.2 Å². The van der Waals surface area contributed by atoms with Gasteiger partial charge in [-0.2, -0.15) is 0 Å². The maximum absolute atomic E-state index is 13.0. The summed E-state index contributed by atoms with van der Waals surface area (Å²) in [5.74, 6) is 0.576. The van der Waals surface area contributed by atoms with Crippen molar-refractivity contribution in [3.63, 3.8) is 0 Å². The Morgan fingerprint density at radius 1 is 1.04 bits per heavy atom. The van der Waals surface area contributed by atoms with Crippen LogP contribution in [0.5, 0.6) is 0 Å². The Bertz CT molecular complexity index is 1060. The third kappa shape index (κ3) is 4.13. The SMILES string of the molecule is O=C1NC(=Nc2ccc(Cl)cc2)S/C1=C/c1ccc(-c2ccc(F)cc2)o1. The van der Waals surface area contributed by atoms with Crippen LogP contribution in [-0.4, -0.2) is 11.1 Å². The van der Waals surface area contributed by atoms with E-state index >= 15 is 0 Å². The molecule has 1 fully saturated rings. The predicted molar refractivity (Wildman–Crippen MR) is 106 cm³/mol.